The molecule has 0 aromatic heterocycles. The van der Waals surface area contributed by atoms with Crippen LogP contribution in [-0.2, 0) is 9.53 Å². The second-order valence-corrected chi connectivity index (χ2v) is 29.4. The summed E-state index contributed by atoms with van der Waals surface area (Å²) in [5, 5.41) is 44.4. The highest BCUT2D eigenvalue weighted by Gasteiger charge is 2.20. The van der Waals surface area contributed by atoms with Gasteiger partial charge < -0.3 is 25.2 Å². The third-order valence-electron chi connectivity index (χ3n) is 18.0. The van der Waals surface area contributed by atoms with Gasteiger partial charge in [0, 0.05) is 83.4 Å². The molecule has 0 amide bonds. The molecule has 0 radical (unpaired) electrons. The molecule has 1 fully saturated rings. The van der Waals surface area contributed by atoms with Crippen LogP contribution in [-0.4, -0.2) is 167 Å². The Labute approximate surface area is 548 Å². The molecule has 87 heavy (non-hydrogen) atoms. The van der Waals surface area contributed by atoms with E-state index in [1.165, 1.54) is 205 Å². The molecular formula is C75H148N4O6S2. The summed E-state index contributed by atoms with van der Waals surface area (Å²) in [6, 6.07) is 0. The standard InChI is InChI=1S/C75H148N4O6S2/c1-5-9-13-17-21-25-27-29-31-33-35-39-43-47-51-71(80)67-78(68-72(81)52-48-44-40-36-34-32-30-28-26-22-18-14-10-6-2)56-49-55-75(84)85-64-62-76-58-60-77(61-59-76)63-66-87-86-65-50-57-79(69-73(82)53-45-41-37-23-19-15-11-7-3)70-74(83)54-46-42-38-24-20-16-12-8-4/h29-32,71-74,80-83H,5-28,33-70H2,1-4H3/b31-29-,32-30-. The number of hydrogen-bond donors (Lipinski definition) is 4. The highest BCUT2D eigenvalue weighted by Crippen LogP contribution is 2.23. The lowest BCUT2D eigenvalue weighted by Crippen LogP contribution is -2.47. The molecule has 4 N–H and O–H groups in total. The highest BCUT2D eigenvalue weighted by atomic mass is 33.1. The predicted octanol–water partition coefficient (Wildman–Crippen LogP) is 19.1. The van der Waals surface area contributed by atoms with Gasteiger partial charge in [-0.2, -0.15) is 0 Å². The van der Waals surface area contributed by atoms with Gasteiger partial charge in [-0.15, -0.1) is 0 Å². The molecule has 10 nitrogen and oxygen atoms in total. The number of ether oxygens (including phenoxy) is 1. The molecule has 1 aliphatic heterocycles. The van der Waals surface area contributed by atoms with E-state index in [-0.39, 0.29) is 18.2 Å². The second kappa shape index (κ2) is 66.8. The number of aliphatic hydroxyl groups is 4. The average Bonchev–Trinajstić information content (AvgIpc) is 3.61. The Balaban J connectivity index is 2.42. The van der Waals surface area contributed by atoms with Crippen molar-refractivity contribution >= 4 is 27.6 Å². The van der Waals surface area contributed by atoms with E-state index in [1.807, 2.05) is 21.6 Å². The summed E-state index contributed by atoms with van der Waals surface area (Å²) >= 11 is 0. The van der Waals surface area contributed by atoms with E-state index in [9.17, 15) is 25.2 Å². The van der Waals surface area contributed by atoms with Gasteiger partial charge in [0.15, 0.2) is 0 Å². The molecule has 4 atom stereocenters. The number of esters is 1. The van der Waals surface area contributed by atoms with Crippen LogP contribution in [0.25, 0.3) is 0 Å². The van der Waals surface area contributed by atoms with Crippen molar-refractivity contribution in [3.63, 3.8) is 0 Å². The van der Waals surface area contributed by atoms with Crippen molar-refractivity contribution in [1.29, 1.82) is 0 Å². The zero-order chi connectivity index (χ0) is 63.0. The van der Waals surface area contributed by atoms with E-state index in [0.717, 1.165) is 141 Å². The van der Waals surface area contributed by atoms with Crippen LogP contribution < -0.4 is 0 Å². The van der Waals surface area contributed by atoms with Crippen LogP contribution >= 0.6 is 21.6 Å². The topological polar surface area (TPSA) is 120 Å². The van der Waals surface area contributed by atoms with Gasteiger partial charge in [0.05, 0.1) is 24.4 Å². The van der Waals surface area contributed by atoms with Crippen LogP contribution in [0, 0.1) is 0 Å². The highest BCUT2D eigenvalue weighted by molar-refractivity contribution is 8.76. The van der Waals surface area contributed by atoms with Gasteiger partial charge in [0.2, 0.25) is 0 Å². The van der Waals surface area contributed by atoms with Crippen LogP contribution in [0.2, 0.25) is 0 Å². The summed E-state index contributed by atoms with van der Waals surface area (Å²) < 4.78 is 5.77. The van der Waals surface area contributed by atoms with Crippen LogP contribution in [0.3, 0.4) is 0 Å². The van der Waals surface area contributed by atoms with Gasteiger partial charge in [0.25, 0.3) is 0 Å². The molecule has 0 aromatic rings. The Kier molecular flexibility index (Phi) is 64.7. The van der Waals surface area contributed by atoms with Crippen molar-refractivity contribution < 1.29 is 30.0 Å². The minimum atomic E-state index is -0.428. The van der Waals surface area contributed by atoms with E-state index in [0.29, 0.717) is 52.2 Å². The first-order valence-corrected chi connectivity index (χ1v) is 40.5. The molecule has 0 spiro atoms. The fourth-order valence-corrected chi connectivity index (χ4v) is 14.4. The number of nitrogens with zero attached hydrogens (tertiary/aromatic N) is 4. The normalized spacial score (nSPS) is 15.1. The first-order valence-electron chi connectivity index (χ1n) is 38.0. The summed E-state index contributed by atoms with van der Waals surface area (Å²) in [5.41, 5.74) is 0. The number of aliphatic hydroxyl groups excluding tert-OH is 4. The van der Waals surface area contributed by atoms with E-state index in [1.54, 1.807) is 0 Å². The van der Waals surface area contributed by atoms with Gasteiger partial charge in [-0.05, 0) is 103 Å². The fourth-order valence-electron chi connectivity index (χ4n) is 12.3. The predicted molar refractivity (Wildman–Crippen MR) is 384 cm³/mol. The monoisotopic (exact) mass is 1270 g/mol. The number of allylic oxidation sites excluding steroid dienone is 4. The Hall–Kier alpha value is -0.670. The first kappa shape index (κ1) is 84.3. The number of piperazine rings is 1. The van der Waals surface area contributed by atoms with Crippen LogP contribution in [0.4, 0.5) is 0 Å². The summed E-state index contributed by atoms with van der Waals surface area (Å²) in [6.07, 6.45) is 64.0. The third kappa shape index (κ3) is 60.1. The largest absolute Gasteiger partial charge is 0.464 e. The number of carbonyl (C=O) groups excluding carboxylic acids is 1. The van der Waals surface area contributed by atoms with Crippen LogP contribution in [0.15, 0.2) is 24.3 Å². The summed E-state index contributed by atoms with van der Waals surface area (Å²) in [7, 11) is 3.94. The molecule has 1 saturated heterocycles. The number of carbonyl (C=O) groups is 1. The average molecular weight is 1270 g/mol. The van der Waals surface area contributed by atoms with E-state index in [4.69, 9.17) is 4.74 Å². The van der Waals surface area contributed by atoms with Crippen molar-refractivity contribution in [2.24, 2.45) is 0 Å². The summed E-state index contributed by atoms with van der Waals surface area (Å²) in [5.74, 6) is 2.03. The molecular weight excluding hydrogens is 1120 g/mol. The molecule has 1 aliphatic rings. The van der Waals surface area contributed by atoms with Crippen molar-refractivity contribution in [2.75, 3.05) is 96.6 Å². The van der Waals surface area contributed by atoms with Crippen molar-refractivity contribution in [3.05, 3.63) is 24.3 Å². The maximum absolute atomic E-state index is 13.0. The third-order valence-corrected chi connectivity index (χ3v) is 20.5. The number of rotatable bonds is 69. The quantitative estimate of drug-likeness (QED) is 0.0201. The van der Waals surface area contributed by atoms with Gasteiger partial charge in [-0.25, -0.2) is 0 Å². The van der Waals surface area contributed by atoms with Crippen molar-refractivity contribution in [2.45, 2.75) is 354 Å². The molecule has 1 rings (SSSR count). The van der Waals surface area contributed by atoms with E-state index >= 15 is 0 Å². The Morgan fingerprint density at radius 3 is 1.01 bits per heavy atom. The maximum atomic E-state index is 13.0. The summed E-state index contributed by atoms with van der Waals surface area (Å²) in [4.78, 5) is 22.5. The number of hydrogen-bond acceptors (Lipinski definition) is 12. The molecule has 12 heteroatoms. The molecule has 516 valence electrons. The fraction of sp³-hybridized carbons (Fsp3) is 0.933. The van der Waals surface area contributed by atoms with Crippen molar-refractivity contribution in [3.8, 4) is 0 Å². The minimum Gasteiger partial charge on any atom is -0.464 e. The molecule has 1 heterocycles. The summed E-state index contributed by atoms with van der Waals surface area (Å²) in [6.45, 7) is 19.5. The second-order valence-electron chi connectivity index (χ2n) is 26.7. The minimum absolute atomic E-state index is 0.148. The molecule has 0 aliphatic carbocycles. The molecule has 0 saturated carbocycles. The SMILES string of the molecule is CCCCCCCC/C=C\CCCCCCC(O)CN(CCCC(=O)OCCN1CCN(CCSSCCCN(CC(O)CCCCCCCCCC)CC(O)CCCCCCCCCC)CC1)CC(O)CCCCCC/C=C\CCCCCCCC. The lowest BCUT2D eigenvalue weighted by molar-refractivity contribution is -0.144. The zero-order valence-electron chi connectivity index (χ0n) is 58.2. The molecule has 4 unspecified atom stereocenters. The molecule has 0 aromatic carbocycles. The Morgan fingerprint density at radius 2 is 0.667 bits per heavy atom. The van der Waals surface area contributed by atoms with E-state index < -0.39 is 12.2 Å². The Bertz CT molecular complexity index is 1380. The Morgan fingerprint density at radius 1 is 0.379 bits per heavy atom. The van der Waals surface area contributed by atoms with Gasteiger partial charge >= 0.3 is 5.97 Å². The lowest BCUT2D eigenvalue weighted by atomic mass is 10.0. The number of unbranched alkanes of at least 4 members (excludes halogenated alkanes) is 34. The van der Waals surface area contributed by atoms with Gasteiger partial charge in [-0.1, -0.05) is 279 Å². The smallest absolute Gasteiger partial charge is 0.305 e. The van der Waals surface area contributed by atoms with Gasteiger partial charge in [0.1, 0.15) is 6.61 Å². The van der Waals surface area contributed by atoms with Crippen LogP contribution in [0.1, 0.15) is 329 Å². The maximum Gasteiger partial charge on any atom is 0.305 e. The van der Waals surface area contributed by atoms with Crippen molar-refractivity contribution in [1.82, 2.24) is 19.6 Å². The van der Waals surface area contributed by atoms with Crippen LogP contribution in [0.5, 0.6) is 0 Å². The van der Waals surface area contributed by atoms with E-state index in [2.05, 4.69) is 71.6 Å². The van der Waals surface area contributed by atoms with Gasteiger partial charge in [-0.3, -0.25) is 24.4 Å². The zero-order valence-corrected chi connectivity index (χ0v) is 59.8. The molecule has 0 bridgehead atoms. The lowest BCUT2D eigenvalue weighted by Gasteiger charge is -2.34. The first-order chi connectivity index (χ1) is 42.7.